The van der Waals surface area contributed by atoms with Crippen molar-refractivity contribution in [3.05, 3.63) is 71.6 Å². The third-order valence-electron chi connectivity index (χ3n) is 8.86. The number of methoxy groups -OCH3 is 1. The number of aromatic hydroxyl groups is 1. The predicted molar refractivity (Wildman–Crippen MR) is 152 cm³/mol. The fourth-order valence-electron chi connectivity index (χ4n) is 6.87. The van der Waals surface area contributed by atoms with E-state index in [1.807, 2.05) is 0 Å². The number of amides is 6. The summed E-state index contributed by atoms with van der Waals surface area (Å²) in [4.78, 5) is 63.7. The number of ether oxygens (including phenoxy) is 1. The number of nitrogens with two attached hydrogens (primary N) is 1. The average Bonchev–Trinajstić information content (AvgIpc) is 3.32. The molecule has 2 aromatic carbocycles. The lowest BCUT2D eigenvalue weighted by Gasteiger charge is -2.49. The quantitative estimate of drug-likeness (QED) is 0.298. The van der Waals surface area contributed by atoms with Gasteiger partial charge in [0.05, 0.1) is 24.6 Å². The van der Waals surface area contributed by atoms with Gasteiger partial charge in [-0.1, -0.05) is 29.9 Å². The molecule has 2 aliphatic heterocycles. The number of allylic oxidation sites excluding steroid dienone is 3. The van der Waals surface area contributed by atoms with E-state index in [0.717, 1.165) is 17.0 Å². The summed E-state index contributed by atoms with van der Waals surface area (Å²) in [5.74, 6) is -7.65. The van der Waals surface area contributed by atoms with E-state index in [1.165, 1.54) is 25.3 Å². The Bertz CT molecular complexity index is 1680. The van der Waals surface area contributed by atoms with Crippen LogP contribution in [0.25, 0.3) is 6.08 Å². The van der Waals surface area contributed by atoms with Crippen molar-refractivity contribution < 1.29 is 38.2 Å². The molecular weight excluding hydrogens is 604 g/mol. The molecule has 6 amide bonds. The number of hydrogen-bond donors (Lipinski definition) is 2. The Labute approximate surface area is 254 Å². The number of anilines is 1. The second-order valence-corrected chi connectivity index (χ2v) is 12.2. The normalized spacial score (nSPS) is 31.7. The van der Waals surface area contributed by atoms with Gasteiger partial charge in [0.15, 0.2) is 21.2 Å². The molecular formula is C30H24Cl2FN3O7. The Kier molecular flexibility index (Phi) is 6.66. The number of phenolic OH excluding ortho intramolecular Hbond substituents is 1. The summed E-state index contributed by atoms with van der Waals surface area (Å²) in [7, 11) is 1.38. The van der Waals surface area contributed by atoms with E-state index in [1.54, 1.807) is 30.4 Å². The highest BCUT2D eigenvalue weighted by atomic mass is 35.5. The smallest absolute Gasteiger partial charge is 0.328 e. The molecule has 222 valence electrons. The average molecular weight is 628 g/mol. The van der Waals surface area contributed by atoms with E-state index in [9.17, 15) is 33.5 Å². The van der Waals surface area contributed by atoms with Crippen LogP contribution in [0.3, 0.4) is 0 Å². The molecule has 6 atom stereocenters. The molecule has 43 heavy (non-hydrogen) atoms. The van der Waals surface area contributed by atoms with Crippen molar-refractivity contribution in [1.82, 2.24) is 4.90 Å². The van der Waals surface area contributed by atoms with Crippen molar-refractivity contribution in [2.75, 3.05) is 12.0 Å². The Balaban J connectivity index is 1.51. The Hall–Kier alpha value is -4.22. The standard InChI is InChI=1S/C30H24Cl2FN3O7/c1-43-22-12-14(3-11-21(22)37)2-10-20-17-8-9-18-23(25(39)36(24(18)38)28(34)42)19(17)13-29(31)26(40)35(27(41)30(20,29)32)16-6-4-15(33)5-7-16/h2-8,10-12,18-20,23,37H,9,13H2,1H3,(H2,34,42). The van der Waals surface area contributed by atoms with Crippen LogP contribution >= 0.6 is 23.2 Å². The van der Waals surface area contributed by atoms with E-state index in [0.29, 0.717) is 16.0 Å². The van der Waals surface area contributed by atoms with Crippen LogP contribution in [0.5, 0.6) is 11.5 Å². The van der Waals surface area contributed by atoms with Crippen molar-refractivity contribution in [3.63, 3.8) is 0 Å². The number of phenols is 1. The summed E-state index contributed by atoms with van der Waals surface area (Å²) >= 11 is 14.4. The van der Waals surface area contributed by atoms with E-state index in [-0.39, 0.29) is 30.0 Å². The van der Waals surface area contributed by atoms with E-state index < -0.39 is 68.9 Å². The van der Waals surface area contributed by atoms with Gasteiger partial charge in [-0.3, -0.25) is 19.2 Å². The van der Waals surface area contributed by atoms with Crippen LogP contribution in [-0.4, -0.2) is 56.5 Å². The molecule has 6 rings (SSSR count). The van der Waals surface area contributed by atoms with Gasteiger partial charge in [-0.25, -0.2) is 14.1 Å². The van der Waals surface area contributed by atoms with Gasteiger partial charge in [-0.15, -0.1) is 23.2 Å². The summed E-state index contributed by atoms with van der Waals surface area (Å²) < 4.78 is 18.9. The van der Waals surface area contributed by atoms with Gasteiger partial charge in [0.1, 0.15) is 5.82 Å². The van der Waals surface area contributed by atoms with Gasteiger partial charge in [0.2, 0.25) is 11.8 Å². The van der Waals surface area contributed by atoms with Crippen LogP contribution in [0.2, 0.25) is 0 Å². The predicted octanol–water partition coefficient (Wildman–Crippen LogP) is 3.73. The number of nitrogens with zero attached hydrogens (tertiary/aromatic N) is 2. The van der Waals surface area contributed by atoms with Crippen molar-refractivity contribution in [2.24, 2.45) is 29.4 Å². The number of halogens is 3. The van der Waals surface area contributed by atoms with Gasteiger partial charge in [-0.2, -0.15) is 4.90 Å². The second kappa shape index (κ2) is 9.92. The Morgan fingerprint density at radius 1 is 1.07 bits per heavy atom. The van der Waals surface area contributed by atoms with Crippen LogP contribution < -0.4 is 15.4 Å². The SMILES string of the molecule is COc1cc(C=CC2C3=CCC4C(=O)N(C(N)=O)C(=O)C4C3CC3(Cl)C(=O)N(c4ccc(F)cc4)C(=O)C23Cl)ccc1O. The van der Waals surface area contributed by atoms with E-state index >= 15 is 0 Å². The highest BCUT2D eigenvalue weighted by Gasteiger charge is 2.76. The zero-order chi connectivity index (χ0) is 31.0. The first-order valence-electron chi connectivity index (χ1n) is 13.3. The number of carbonyl (C=O) groups excluding carboxylic acids is 5. The van der Waals surface area contributed by atoms with Gasteiger partial charge in [-0.05, 0) is 60.7 Å². The van der Waals surface area contributed by atoms with Gasteiger partial charge >= 0.3 is 6.03 Å². The molecule has 3 N–H and O–H groups in total. The number of carbonyl (C=O) groups is 5. The minimum absolute atomic E-state index is 0.0544. The fraction of sp³-hybridized carbons (Fsp3) is 0.300. The molecule has 0 aromatic heterocycles. The minimum atomic E-state index is -2.10. The van der Waals surface area contributed by atoms with Gasteiger partial charge < -0.3 is 15.6 Å². The Morgan fingerprint density at radius 2 is 1.77 bits per heavy atom. The third kappa shape index (κ3) is 3.94. The van der Waals surface area contributed by atoms with Crippen LogP contribution in [0.1, 0.15) is 18.4 Å². The number of urea groups is 1. The van der Waals surface area contributed by atoms with Gasteiger partial charge in [0.25, 0.3) is 11.8 Å². The summed E-state index contributed by atoms with van der Waals surface area (Å²) in [5.41, 5.74) is 6.46. The lowest BCUT2D eigenvalue weighted by Crippen LogP contribution is -2.60. The first kappa shape index (κ1) is 28.9. The number of benzene rings is 2. The zero-order valence-electron chi connectivity index (χ0n) is 22.5. The molecule has 10 nitrogen and oxygen atoms in total. The number of imide groups is 4. The molecule has 0 spiro atoms. The first-order valence-corrected chi connectivity index (χ1v) is 14.1. The maximum atomic E-state index is 14.2. The molecule has 4 aliphatic rings. The number of fused-ring (bicyclic) bond motifs is 4. The maximum Gasteiger partial charge on any atom is 0.328 e. The largest absolute Gasteiger partial charge is 0.504 e. The van der Waals surface area contributed by atoms with Crippen LogP contribution in [0.15, 0.2) is 60.2 Å². The number of rotatable bonds is 4. The topological polar surface area (TPSA) is 147 Å². The third-order valence-corrected chi connectivity index (χ3v) is 10.3. The number of likely N-dealkylation sites (tertiary alicyclic amines) is 1. The van der Waals surface area contributed by atoms with Gasteiger partial charge in [0, 0.05) is 5.92 Å². The lowest BCUT2D eigenvalue weighted by atomic mass is 9.57. The fourth-order valence-corrected chi connectivity index (χ4v) is 7.76. The molecule has 3 fully saturated rings. The number of hydrogen-bond acceptors (Lipinski definition) is 7. The highest BCUT2D eigenvalue weighted by Crippen LogP contribution is 2.63. The summed E-state index contributed by atoms with van der Waals surface area (Å²) in [5, 5.41) is 10.0. The van der Waals surface area contributed by atoms with Crippen molar-refractivity contribution in [2.45, 2.75) is 22.6 Å². The molecule has 6 unspecified atom stereocenters. The molecule has 1 saturated carbocycles. The first-order chi connectivity index (χ1) is 20.3. The lowest BCUT2D eigenvalue weighted by molar-refractivity contribution is -0.136. The zero-order valence-corrected chi connectivity index (χ0v) is 24.0. The van der Waals surface area contributed by atoms with E-state index in [2.05, 4.69) is 0 Å². The number of alkyl halides is 2. The highest BCUT2D eigenvalue weighted by molar-refractivity contribution is 6.58. The molecule has 2 heterocycles. The summed E-state index contributed by atoms with van der Waals surface area (Å²) in [6.45, 7) is 0. The van der Waals surface area contributed by atoms with Crippen molar-refractivity contribution in [3.8, 4) is 11.5 Å². The monoisotopic (exact) mass is 627 g/mol. The molecule has 13 heteroatoms. The van der Waals surface area contributed by atoms with Crippen molar-refractivity contribution >= 4 is 64.6 Å². The second-order valence-electron chi connectivity index (χ2n) is 10.9. The Morgan fingerprint density at radius 3 is 2.42 bits per heavy atom. The molecule has 0 bridgehead atoms. The van der Waals surface area contributed by atoms with Crippen LogP contribution in [-0.2, 0) is 19.2 Å². The van der Waals surface area contributed by atoms with Crippen LogP contribution in [0.4, 0.5) is 14.9 Å². The minimum Gasteiger partial charge on any atom is -0.504 e. The van der Waals surface area contributed by atoms with Crippen LogP contribution in [0, 0.1) is 29.5 Å². The molecule has 2 aliphatic carbocycles. The van der Waals surface area contributed by atoms with Crippen molar-refractivity contribution in [1.29, 1.82) is 0 Å². The summed E-state index contributed by atoms with van der Waals surface area (Å²) in [6, 6.07) is 8.02. The molecule has 2 aromatic rings. The maximum absolute atomic E-state index is 14.2. The molecule has 0 radical (unpaired) electrons. The summed E-state index contributed by atoms with van der Waals surface area (Å²) in [6.07, 6.45) is 4.66. The van der Waals surface area contributed by atoms with E-state index in [4.69, 9.17) is 33.7 Å². The molecule has 2 saturated heterocycles. The number of primary amides is 1.